The Balaban J connectivity index is 1.89. The maximum absolute atomic E-state index is 5.79. The lowest BCUT2D eigenvalue weighted by Gasteiger charge is -2.45. The van der Waals surface area contributed by atoms with Gasteiger partial charge in [0, 0.05) is 31.8 Å². The summed E-state index contributed by atoms with van der Waals surface area (Å²) in [5.41, 5.74) is 0. The lowest BCUT2D eigenvalue weighted by atomic mass is 9.79. The van der Waals surface area contributed by atoms with Crippen LogP contribution >= 0.6 is 0 Å². The average Bonchev–Trinajstić information content (AvgIpc) is 2.49. The first kappa shape index (κ1) is 16.3. The predicted molar refractivity (Wildman–Crippen MR) is 85.1 cm³/mol. The maximum atomic E-state index is 5.79. The first-order valence-electron chi connectivity index (χ1n) is 8.87. The molecule has 0 aromatic carbocycles. The highest BCUT2D eigenvalue weighted by atomic mass is 16.5. The Kier molecular flexibility index (Phi) is 6.79. The van der Waals surface area contributed by atoms with E-state index in [2.05, 4.69) is 31.0 Å². The number of hydrogen-bond donors (Lipinski definition) is 1. The molecule has 3 nitrogen and oxygen atoms in total. The van der Waals surface area contributed by atoms with Crippen molar-refractivity contribution in [2.75, 3.05) is 26.2 Å². The number of piperidine rings is 1. The topological polar surface area (TPSA) is 24.5 Å². The van der Waals surface area contributed by atoms with E-state index >= 15 is 0 Å². The van der Waals surface area contributed by atoms with Gasteiger partial charge in [-0.3, -0.25) is 4.90 Å². The second-order valence-corrected chi connectivity index (χ2v) is 6.51. The van der Waals surface area contributed by atoms with Crippen molar-refractivity contribution >= 4 is 0 Å². The number of likely N-dealkylation sites (tertiary alicyclic amines) is 1. The SMILES string of the molecule is CCNC1CCC(CC)CC1N1CCC(OCC)CC1. The fourth-order valence-corrected chi connectivity index (χ4v) is 4.12. The number of nitrogens with zero attached hydrogens (tertiary/aromatic N) is 1. The van der Waals surface area contributed by atoms with Gasteiger partial charge in [0.15, 0.2) is 0 Å². The Bertz CT molecular complexity index is 264. The molecule has 2 fully saturated rings. The highest BCUT2D eigenvalue weighted by molar-refractivity contribution is 4.92. The number of rotatable bonds is 6. The second-order valence-electron chi connectivity index (χ2n) is 6.51. The summed E-state index contributed by atoms with van der Waals surface area (Å²) >= 11 is 0. The van der Waals surface area contributed by atoms with Gasteiger partial charge in [0.1, 0.15) is 0 Å². The van der Waals surface area contributed by atoms with Crippen molar-refractivity contribution in [1.29, 1.82) is 0 Å². The Hall–Kier alpha value is -0.120. The molecular weight excluding hydrogens is 248 g/mol. The summed E-state index contributed by atoms with van der Waals surface area (Å²) in [4.78, 5) is 2.75. The van der Waals surface area contributed by atoms with Crippen LogP contribution in [0.4, 0.5) is 0 Å². The van der Waals surface area contributed by atoms with Gasteiger partial charge in [-0.25, -0.2) is 0 Å². The van der Waals surface area contributed by atoms with E-state index in [9.17, 15) is 0 Å². The van der Waals surface area contributed by atoms with Crippen LogP contribution in [-0.4, -0.2) is 49.3 Å². The summed E-state index contributed by atoms with van der Waals surface area (Å²) in [5.74, 6) is 0.944. The molecule has 3 heteroatoms. The molecule has 0 aromatic rings. The minimum Gasteiger partial charge on any atom is -0.378 e. The van der Waals surface area contributed by atoms with Gasteiger partial charge in [-0.05, 0) is 51.5 Å². The minimum atomic E-state index is 0.513. The predicted octanol–water partition coefficient (Wildman–Crippen LogP) is 3.04. The van der Waals surface area contributed by atoms with Crippen molar-refractivity contribution in [2.45, 2.75) is 77.5 Å². The van der Waals surface area contributed by atoms with Crippen molar-refractivity contribution in [2.24, 2.45) is 5.92 Å². The van der Waals surface area contributed by atoms with E-state index in [1.165, 1.54) is 51.6 Å². The summed E-state index contributed by atoms with van der Waals surface area (Å²) in [7, 11) is 0. The number of hydrogen-bond acceptors (Lipinski definition) is 3. The number of likely N-dealkylation sites (N-methyl/N-ethyl adjacent to an activating group) is 1. The minimum absolute atomic E-state index is 0.513. The van der Waals surface area contributed by atoms with E-state index in [0.717, 1.165) is 25.1 Å². The highest BCUT2D eigenvalue weighted by Gasteiger charge is 2.35. The smallest absolute Gasteiger partial charge is 0.0599 e. The van der Waals surface area contributed by atoms with Crippen molar-refractivity contribution in [3.8, 4) is 0 Å². The van der Waals surface area contributed by atoms with Gasteiger partial charge in [0.2, 0.25) is 0 Å². The van der Waals surface area contributed by atoms with Crippen LogP contribution < -0.4 is 5.32 Å². The van der Waals surface area contributed by atoms with Gasteiger partial charge in [0.25, 0.3) is 0 Å². The normalized spacial score (nSPS) is 33.5. The molecule has 1 saturated heterocycles. The van der Waals surface area contributed by atoms with Crippen LogP contribution in [0, 0.1) is 5.92 Å². The van der Waals surface area contributed by atoms with E-state index in [0.29, 0.717) is 12.1 Å². The molecule has 0 radical (unpaired) electrons. The first-order valence-corrected chi connectivity index (χ1v) is 8.87. The molecule has 1 aliphatic carbocycles. The largest absolute Gasteiger partial charge is 0.378 e. The van der Waals surface area contributed by atoms with Crippen LogP contribution in [0.25, 0.3) is 0 Å². The van der Waals surface area contributed by atoms with Gasteiger partial charge in [-0.2, -0.15) is 0 Å². The second kappa shape index (κ2) is 8.35. The van der Waals surface area contributed by atoms with Gasteiger partial charge < -0.3 is 10.1 Å². The van der Waals surface area contributed by atoms with Crippen molar-refractivity contribution in [1.82, 2.24) is 10.2 Å². The standard InChI is InChI=1S/C17H34N2O/c1-4-14-7-8-16(18-5-2)17(13-14)19-11-9-15(10-12-19)20-6-3/h14-18H,4-13H2,1-3H3. The Morgan fingerprint density at radius 3 is 2.40 bits per heavy atom. The summed E-state index contributed by atoms with van der Waals surface area (Å²) in [6.45, 7) is 11.1. The summed E-state index contributed by atoms with van der Waals surface area (Å²) < 4.78 is 5.79. The van der Waals surface area contributed by atoms with Gasteiger partial charge in [0.05, 0.1) is 6.10 Å². The lowest BCUT2D eigenvalue weighted by molar-refractivity contribution is -0.00970. The van der Waals surface area contributed by atoms with Gasteiger partial charge >= 0.3 is 0 Å². The molecule has 1 N–H and O–H groups in total. The molecule has 0 aromatic heterocycles. The zero-order chi connectivity index (χ0) is 14.4. The quantitative estimate of drug-likeness (QED) is 0.810. The van der Waals surface area contributed by atoms with E-state index < -0.39 is 0 Å². The highest BCUT2D eigenvalue weighted by Crippen LogP contribution is 2.31. The Morgan fingerprint density at radius 1 is 1.05 bits per heavy atom. The fraction of sp³-hybridized carbons (Fsp3) is 1.00. The molecule has 0 spiro atoms. The molecule has 1 heterocycles. The lowest BCUT2D eigenvalue weighted by Crippen LogP contribution is -2.55. The molecule has 1 saturated carbocycles. The van der Waals surface area contributed by atoms with E-state index in [4.69, 9.17) is 4.74 Å². The zero-order valence-electron chi connectivity index (χ0n) is 13.7. The molecule has 20 heavy (non-hydrogen) atoms. The Morgan fingerprint density at radius 2 is 1.80 bits per heavy atom. The van der Waals surface area contributed by atoms with Crippen LogP contribution in [0.1, 0.15) is 59.3 Å². The molecule has 1 aliphatic heterocycles. The van der Waals surface area contributed by atoms with Crippen LogP contribution in [-0.2, 0) is 4.74 Å². The zero-order valence-corrected chi connectivity index (χ0v) is 13.7. The molecule has 3 unspecified atom stereocenters. The maximum Gasteiger partial charge on any atom is 0.0599 e. The molecule has 0 amide bonds. The molecule has 2 rings (SSSR count). The molecule has 0 bridgehead atoms. The van der Waals surface area contributed by atoms with Crippen molar-refractivity contribution in [3.05, 3.63) is 0 Å². The third kappa shape index (κ3) is 4.19. The van der Waals surface area contributed by atoms with E-state index in [1.807, 2.05) is 0 Å². The summed E-state index contributed by atoms with van der Waals surface area (Å²) in [6, 6.07) is 1.47. The van der Waals surface area contributed by atoms with E-state index in [-0.39, 0.29) is 0 Å². The average molecular weight is 282 g/mol. The first-order chi connectivity index (χ1) is 9.78. The summed E-state index contributed by atoms with van der Waals surface area (Å²) in [6.07, 6.45) is 8.49. The third-order valence-corrected chi connectivity index (χ3v) is 5.32. The van der Waals surface area contributed by atoms with Crippen molar-refractivity contribution < 1.29 is 4.74 Å². The molecule has 2 aliphatic rings. The van der Waals surface area contributed by atoms with Gasteiger partial charge in [-0.15, -0.1) is 0 Å². The van der Waals surface area contributed by atoms with Crippen LogP contribution in [0.5, 0.6) is 0 Å². The fourth-order valence-electron chi connectivity index (χ4n) is 4.12. The monoisotopic (exact) mass is 282 g/mol. The van der Waals surface area contributed by atoms with Crippen LogP contribution in [0.3, 0.4) is 0 Å². The van der Waals surface area contributed by atoms with Crippen molar-refractivity contribution in [3.63, 3.8) is 0 Å². The van der Waals surface area contributed by atoms with Crippen LogP contribution in [0.2, 0.25) is 0 Å². The number of ether oxygens (including phenoxy) is 1. The molecular formula is C17H34N2O. The van der Waals surface area contributed by atoms with E-state index in [1.54, 1.807) is 0 Å². The third-order valence-electron chi connectivity index (χ3n) is 5.32. The van der Waals surface area contributed by atoms with Crippen LogP contribution in [0.15, 0.2) is 0 Å². The van der Waals surface area contributed by atoms with Gasteiger partial charge in [-0.1, -0.05) is 20.3 Å². The molecule has 118 valence electrons. The number of nitrogens with one attached hydrogen (secondary N) is 1. The molecule has 3 atom stereocenters. The summed E-state index contributed by atoms with van der Waals surface area (Å²) in [5, 5.41) is 3.74. The Labute approximate surface area is 125 Å².